The van der Waals surface area contributed by atoms with E-state index in [0.717, 1.165) is 0 Å². The summed E-state index contributed by atoms with van der Waals surface area (Å²) in [4.78, 5) is 12.1. The first-order valence-corrected chi connectivity index (χ1v) is 8.58. The Morgan fingerprint density at radius 3 is 2.55 bits per heavy atom. The Balaban J connectivity index is 2.71. The predicted octanol–water partition coefficient (Wildman–Crippen LogP) is 1.16. The highest BCUT2D eigenvalue weighted by Crippen LogP contribution is 2.24. The third-order valence-corrected chi connectivity index (χ3v) is 4.76. The molecule has 0 spiro atoms. The predicted molar refractivity (Wildman–Crippen MR) is 75.9 cm³/mol. The van der Waals surface area contributed by atoms with Gasteiger partial charge in [0.1, 0.15) is 11.6 Å². The highest BCUT2D eigenvalue weighted by molar-refractivity contribution is 7.89. The van der Waals surface area contributed by atoms with Gasteiger partial charge in [-0.15, -0.1) is 0 Å². The molecule has 0 aromatic heterocycles. The topological polar surface area (TPSA) is 72.9 Å². The monoisotopic (exact) mass is 307 g/mol. The van der Waals surface area contributed by atoms with E-state index in [1.807, 2.05) is 6.92 Å². The molecule has 0 aliphatic carbocycles. The molecule has 0 amide bonds. The molecule has 0 unspecified atom stereocenters. The van der Waals surface area contributed by atoms with Crippen LogP contribution < -0.4 is 0 Å². The van der Waals surface area contributed by atoms with Crippen molar-refractivity contribution in [1.29, 1.82) is 0 Å². The van der Waals surface area contributed by atoms with Crippen LogP contribution in [-0.4, -0.2) is 55.8 Å². The summed E-state index contributed by atoms with van der Waals surface area (Å²) in [5, 5.41) is 0. The van der Waals surface area contributed by atoms with Crippen LogP contribution in [0.15, 0.2) is 0 Å². The third-order valence-electron chi connectivity index (χ3n) is 2.93. The van der Waals surface area contributed by atoms with E-state index in [9.17, 15) is 13.2 Å². The van der Waals surface area contributed by atoms with Crippen LogP contribution in [0.3, 0.4) is 0 Å². The van der Waals surface area contributed by atoms with Crippen LogP contribution in [0.25, 0.3) is 0 Å². The van der Waals surface area contributed by atoms with Gasteiger partial charge < -0.3 is 9.47 Å². The minimum Gasteiger partial charge on any atom is -0.459 e. The zero-order valence-corrected chi connectivity index (χ0v) is 13.5. The van der Waals surface area contributed by atoms with E-state index in [1.165, 1.54) is 4.31 Å². The fourth-order valence-corrected chi connectivity index (χ4v) is 3.65. The fourth-order valence-electron chi connectivity index (χ4n) is 2.10. The quantitative estimate of drug-likeness (QED) is 0.544. The van der Waals surface area contributed by atoms with Crippen LogP contribution in [0.4, 0.5) is 0 Å². The zero-order valence-electron chi connectivity index (χ0n) is 12.7. The lowest BCUT2D eigenvalue weighted by atomic mass is 10.2. The molecule has 0 N–H and O–H groups in total. The highest BCUT2D eigenvalue weighted by atomic mass is 32.2. The van der Waals surface area contributed by atoms with Gasteiger partial charge in [-0.25, -0.2) is 8.42 Å². The molecule has 6 nitrogen and oxygen atoms in total. The van der Waals surface area contributed by atoms with Gasteiger partial charge in [0.05, 0.1) is 12.4 Å². The second kappa shape index (κ2) is 6.87. The van der Waals surface area contributed by atoms with Gasteiger partial charge in [-0.3, -0.25) is 4.79 Å². The number of hydrogen-bond donors (Lipinski definition) is 0. The summed E-state index contributed by atoms with van der Waals surface area (Å²) in [5.41, 5.74) is -0.611. The standard InChI is InChI=1S/C13H25NO5S/c1-5-18-9-10-20(16,17)14-8-6-7-11(14)12(15)19-13(2,3)4/h11H,5-10H2,1-4H3/t11-/m1/s1. The van der Waals surface area contributed by atoms with Gasteiger partial charge in [0.15, 0.2) is 0 Å². The van der Waals surface area contributed by atoms with Crippen LogP contribution in [0.5, 0.6) is 0 Å². The third kappa shape index (κ3) is 5.03. The number of ether oxygens (including phenoxy) is 2. The average Bonchev–Trinajstić information content (AvgIpc) is 2.76. The molecule has 1 saturated heterocycles. The van der Waals surface area contributed by atoms with Crippen molar-refractivity contribution in [2.24, 2.45) is 0 Å². The maximum Gasteiger partial charge on any atom is 0.324 e. The summed E-state index contributed by atoms with van der Waals surface area (Å²) >= 11 is 0. The minimum atomic E-state index is -3.47. The van der Waals surface area contributed by atoms with Gasteiger partial charge in [0, 0.05) is 13.2 Å². The SMILES string of the molecule is CCOCCS(=O)(=O)N1CCC[C@@H]1C(=O)OC(C)(C)C. The lowest BCUT2D eigenvalue weighted by molar-refractivity contribution is -0.158. The second-order valence-electron chi connectivity index (χ2n) is 5.82. The summed E-state index contributed by atoms with van der Waals surface area (Å²) in [6.07, 6.45) is 1.19. The molecule has 1 heterocycles. The number of hydrogen-bond acceptors (Lipinski definition) is 5. The highest BCUT2D eigenvalue weighted by Gasteiger charge is 2.40. The molecule has 20 heavy (non-hydrogen) atoms. The van der Waals surface area contributed by atoms with Crippen LogP contribution in [0.2, 0.25) is 0 Å². The van der Waals surface area contributed by atoms with Gasteiger partial charge in [0.2, 0.25) is 10.0 Å². The van der Waals surface area contributed by atoms with Crippen LogP contribution in [0, 0.1) is 0 Å². The molecule has 0 aromatic rings. The average molecular weight is 307 g/mol. The van der Waals surface area contributed by atoms with Crippen molar-refractivity contribution >= 4 is 16.0 Å². The van der Waals surface area contributed by atoms with E-state index in [1.54, 1.807) is 20.8 Å². The van der Waals surface area contributed by atoms with Crippen molar-refractivity contribution in [2.45, 2.75) is 52.2 Å². The first-order chi connectivity index (χ1) is 9.17. The van der Waals surface area contributed by atoms with Crippen molar-refractivity contribution in [3.63, 3.8) is 0 Å². The maximum atomic E-state index is 12.2. The molecule has 0 bridgehead atoms. The van der Waals surface area contributed by atoms with E-state index in [4.69, 9.17) is 9.47 Å². The lowest BCUT2D eigenvalue weighted by Gasteiger charge is -2.26. The molecular weight excluding hydrogens is 282 g/mol. The molecule has 0 aromatic carbocycles. The van der Waals surface area contributed by atoms with Crippen LogP contribution in [0.1, 0.15) is 40.5 Å². The van der Waals surface area contributed by atoms with Crippen molar-refractivity contribution < 1.29 is 22.7 Å². The molecule has 1 rings (SSSR count). The molecule has 0 radical (unpaired) electrons. The van der Waals surface area contributed by atoms with Crippen molar-refractivity contribution in [1.82, 2.24) is 4.31 Å². The largest absolute Gasteiger partial charge is 0.459 e. The zero-order chi connectivity index (χ0) is 15.4. The molecule has 0 saturated carbocycles. The Labute approximate surface area is 121 Å². The first-order valence-electron chi connectivity index (χ1n) is 6.97. The van der Waals surface area contributed by atoms with Gasteiger partial charge in [-0.1, -0.05) is 0 Å². The van der Waals surface area contributed by atoms with Crippen molar-refractivity contribution in [3.8, 4) is 0 Å². The minimum absolute atomic E-state index is 0.0971. The number of carbonyl (C=O) groups excluding carboxylic acids is 1. The lowest BCUT2D eigenvalue weighted by Crippen LogP contribution is -2.44. The molecule has 1 fully saturated rings. The molecular formula is C13H25NO5S. The van der Waals surface area contributed by atoms with Gasteiger partial charge >= 0.3 is 5.97 Å². The Kier molecular flexibility index (Phi) is 5.97. The first kappa shape index (κ1) is 17.4. The molecule has 1 atom stereocenters. The summed E-state index contributed by atoms with van der Waals surface area (Å²) < 4.78 is 36.1. The second-order valence-corrected chi connectivity index (χ2v) is 7.86. The molecule has 118 valence electrons. The summed E-state index contributed by atoms with van der Waals surface area (Å²) in [6.45, 7) is 8.13. The normalized spacial score (nSPS) is 21.1. The Morgan fingerprint density at radius 1 is 1.35 bits per heavy atom. The van der Waals surface area contributed by atoms with Crippen LogP contribution in [-0.2, 0) is 24.3 Å². The Morgan fingerprint density at radius 2 is 2.00 bits per heavy atom. The molecule has 1 aliphatic rings. The van der Waals surface area contributed by atoms with E-state index >= 15 is 0 Å². The van der Waals surface area contributed by atoms with Gasteiger partial charge in [-0.05, 0) is 40.5 Å². The number of rotatable bonds is 6. The van der Waals surface area contributed by atoms with E-state index < -0.39 is 27.6 Å². The summed E-state index contributed by atoms with van der Waals surface area (Å²) in [6, 6.07) is -0.694. The molecule has 1 aliphatic heterocycles. The maximum absolute atomic E-state index is 12.2. The summed E-state index contributed by atoms with van der Waals surface area (Å²) in [5.74, 6) is -0.560. The Hall–Kier alpha value is -0.660. The van der Waals surface area contributed by atoms with Gasteiger partial charge in [0.25, 0.3) is 0 Å². The van der Waals surface area contributed by atoms with Crippen LogP contribution >= 0.6 is 0 Å². The fraction of sp³-hybridized carbons (Fsp3) is 0.923. The van der Waals surface area contributed by atoms with Gasteiger partial charge in [-0.2, -0.15) is 4.31 Å². The van der Waals surface area contributed by atoms with Crippen molar-refractivity contribution in [3.05, 3.63) is 0 Å². The number of esters is 1. The van der Waals surface area contributed by atoms with E-state index in [2.05, 4.69) is 0 Å². The smallest absolute Gasteiger partial charge is 0.324 e. The Bertz CT molecular complexity index is 427. The number of carbonyl (C=O) groups is 1. The van der Waals surface area contributed by atoms with E-state index in [0.29, 0.717) is 26.0 Å². The molecule has 7 heteroatoms. The number of sulfonamides is 1. The number of nitrogens with zero attached hydrogens (tertiary/aromatic N) is 1. The van der Waals surface area contributed by atoms with Crippen molar-refractivity contribution in [2.75, 3.05) is 25.5 Å². The van der Waals surface area contributed by atoms with E-state index in [-0.39, 0.29) is 12.4 Å². The summed E-state index contributed by atoms with van der Waals surface area (Å²) in [7, 11) is -3.47.